The van der Waals surface area contributed by atoms with Crippen LogP contribution in [0.5, 0.6) is 0 Å². The highest BCUT2D eigenvalue weighted by Crippen LogP contribution is 2.42. The molecule has 0 bridgehead atoms. The normalized spacial score (nSPS) is 12.8. The molecular formula is C17H10N2S. The van der Waals surface area contributed by atoms with E-state index < -0.39 is 0 Å². The van der Waals surface area contributed by atoms with E-state index in [0.29, 0.717) is 0 Å². The third-order valence-corrected chi connectivity index (χ3v) is 4.87. The largest absolute Gasteiger partial charge is 0.254 e. The predicted octanol–water partition coefficient (Wildman–Crippen LogP) is 4.42. The Balaban J connectivity index is 2.07. The number of fused-ring (bicyclic) bond motifs is 4. The van der Waals surface area contributed by atoms with Crippen LogP contribution >= 0.6 is 11.3 Å². The fraction of sp³-hybridized carbons (Fsp3) is 0.0588. The Morgan fingerprint density at radius 1 is 0.900 bits per heavy atom. The van der Waals surface area contributed by atoms with Crippen LogP contribution in [0.3, 0.4) is 0 Å². The molecular weight excluding hydrogens is 264 g/mol. The molecule has 5 rings (SSSR count). The summed E-state index contributed by atoms with van der Waals surface area (Å²) in [6.07, 6.45) is 4.75. The van der Waals surface area contributed by atoms with E-state index in [1.54, 1.807) is 11.3 Å². The first kappa shape index (κ1) is 10.5. The maximum absolute atomic E-state index is 4.61. The van der Waals surface area contributed by atoms with Crippen LogP contribution in [0.25, 0.3) is 32.9 Å². The van der Waals surface area contributed by atoms with Gasteiger partial charge in [-0.2, -0.15) is 11.3 Å². The SMILES string of the molecule is c1cnc2c(c1)cc1c3c(ccnc32)-c2cscc2C1. The van der Waals surface area contributed by atoms with E-state index >= 15 is 0 Å². The summed E-state index contributed by atoms with van der Waals surface area (Å²) in [4.78, 5) is 9.14. The van der Waals surface area contributed by atoms with Crippen molar-refractivity contribution in [3.05, 3.63) is 58.5 Å². The van der Waals surface area contributed by atoms with E-state index in [1.807, 2.05) is 18.5 Å². The molecule has 0 aliphatic heterocycles. The molecule has 3 aromatic heterocycles. The fourth-order valence-electron chi connectivity index (χ4n) is 3.22. The number of pyridine rings is 2. The van der Waals surface area contributed by atoms with Crippen molar-refractivity contribution >= 4 is 33.1 Å². The maximum atomic E-state index is 4.61. The highest BCUT2D eigenvalue weighted by molar-refractivity contribution is 7.08. The van der Waals surface area contributed by atoms with Crippen molar-refractivity contribution < 1.29 is 0 Å². The molecule has 0 amide bonds. The highest BCUT2D eigenvalue weighted by atomic mass is 32.1. The Kier molecular flexibility index (Phi) is 1.92. The van der Waals surface area contributed by atoms with Crippen molar-refractivity contribution in [3.8, 4) is 11.1 Å². The zero-order valence-corrected chi connectivity index (χ0v) is 11.4. The summed E-state index contributed by atoms with van der Waals surface area (Å²) in [5.41, 5.74) is 7.51. The van der Waals surface area contributed by atoms with E-state index in [-0.39, 0.29) is 0 Å². The van der Waals surface area contributed by atoms with Crippen LogP contribution < -0.4 is 0 Å². The molecule has 0 N–H and O–H groups in total. The van der Waals surface area contributed by atoms with Crippen LogP contribution in [0.15, 0.2) is 47.4 Å². The fourth-order valence-corrected chi connectivity index (χ4v) is 4.08. The summed E-state index contributed by atoms with van der Waals surface area (Å²) in [5, 5.41) is 6.97. The minimum Gasteiger partial charge on any atom is -0.254 e. The smallest absolute Gasteiger partial charge is 0.0973 e. The first-order valence-electron chi connectivity index (χ1n) is 6.62. The van der Waals surface area contributed by atoms with E-state index in [9.17, 15) is 0 Å². The van der Waals surface area contributed by atoms with Crippen LogP contribution in [0.1, 0.15) is 11.1 Å². The average Bonchev–Trinajstić information content (AvgIpc) is 2.96. The average molecular weight is 274 g/mol. The van der Waals surface area contributed by atoms with Gasteiger partial charge in [-0.05, 0) is 57.6 Å². The zero-order chi connectivity index (χ0) is 13.1. The van der Waals surface area contributed by atoms with Crippen molar-refractivity contribution in [1.82, 2.24) is 9.97 Å². The molecule has 1 aliphatic carbocycles. The molecule has 0 fully saturated rings. The summed E-state index contributed by atoms with van der Waals surface area (Å²) >= 11 is 1.78. The monoisotopic (exact) mass is 274 g/mol. The summed E-state index contributed by atoms with van der Waals surface area (Å²) in [7, 11) is 0. The number of aromatic nitrogens is 2. The van der Waals surface area contributed by atoms with Crippen LogP contribution in [0.4, 0.5) is 0 Å². The van der Waals surface area contributed by atoms with Gasteiger partial charge >= 0.3 is 0 Å². The molecule has 0 saturated carbocycles. The molecule has 1 aromatic carbocycles. The third kappa shape index (κ3) is 1.23. The second-order valence-corrected chi connectivity index (χ2v) is 5.92. The molecule has 4 aromatic rings. The van der Waals surface area contributed by atoms with Gasteiger partial charge in [0.2, 0.25) is 0 Å². The van der Waals surface area contributed by atoms with Gasteiger partial charge in [0.05, 0.1) is 11.0 Å². The highest BCUT2D eigenvalue weighted by Gasteiger charge is 2.21. The molecule has 1 aliphatic rings. The van der Waals surface area contributed by atoms with Gasteiger partial charge in [0.25, 0.3) is 0 Å². The Labute approximate surface area is 119 Å². The van der Waals surface area contributed by atoms with Gasteiger partial charge in [0, 0.05) is 23.2 Å². The van der Waals surface area contributed by atoms with Crippen LogP contribution in [-0.4, -0.2) is 9.97 Å². The topological polar surface area (TPSA) is 25.8 Å². The molecule has 0 saturated heterocycles. The third-order valence-electron chi connectivity index (χ3n) is 4.08. The van der Waals surface area contributed by atoms with Gasteiger partial charge in [0.15, 0.2) is 0 Å². The standard InChI is InChI=1S/C17H10N2S/c1-2-10-6-11-7-12-8-20-9-14(12)13-3-5-19-17(15(11)13)16(10)18-4-1/h1-6,8-9H,7H2. The van der Waals surface area contributed by atoms with Gasteiger partial charge in [-0.15, -0.1) is 0 Å². The lowest BCUT2D eigenvalue weighted by atomic mass is 9.86. The van der Waals surface area contributed by atoms with Gasteiger partial charge in [-0.25, -0.2) is 0 Å². The lowest BCUT2D eigenvalue weighted by Crippen LogP contribution is -2.00. The molecule has 2 nitrogen and oxygen atoms in total. The first-order valence-corrected chi connectivity index (χ1v) is 7.57. The lowest BCUT2D eigenvalue weighted by Gasteiger charge is -2.18. The van der Waals surface area contributed by atoms with Crippen LogP contribution in [0.2, 0.25) is 0 Å². The van der Waals surface area contributed by atoms with E-state index in [4.69, 9.17) is 0 Å². The van der Waals surface area contributed by atoms with Gasteiger partial charge in [0.1, 0.15) is 0 Å². The summed E-state index contributed by atoms with van der Waals surface area (Å²) in [5.74, 6) is 0. The van der Waals surface area contributed by atoms with Crippen molar-refractivity contribution in [1.29, 1.82) is 0 Å². The minimum atomic E-state index is 0.999. The van der Waals surface area contributed by atoms with Crippen molar-refractivity contribution in [2.75, 3.05) is 0 Å². The van der Waals surface area contributed by atoms with E-state index in [1.165, 1.54) is 33.0 Å². The zero-order valence-electron chi connectivity index (χ0n) is 10.6. The van der Waals surface area contributed by atoms with Gasteiger partial charge < -0.3 is 0 Å². The summed E-state index contributed by atoms with van der Waals surface area (Å²) in [6, 6.07) is 8.52. The summed E-state index contributed by atoms with van der Waals surface area (Å²) in [6.45, 7) is 0. The Bertz CT molecular complexity index is 985. The van der Waals surface area contributed by atoms with E-state index in [0.717, 1.165) is 17.5 Å². The van der Waals surface area contributed by atoms with Gasteiger partial charge in [-0.1, -0.05) is 6.07 Å². The molecule has 3 heteroatoms. The summed E-state index contributed by atoms with van der Waals surface area (Å²) < 4.78 is 0. The number of benzene rings is 1. The second kappa shape index (κ2) is 3.64. The van der Waals surface area contributed by atoms with E-state index in [2.05, 4.69) is 38.9 Å². The molecule has 94 valence electrons. The Morgan fingerprint density at radius 2 is 1.85 bits per heavy atom. The minimum absolute atomic E-state index is 0.999. The molecule has 0 radical (unpaired) electrons. The molecule has 0 atom stereocenters. The first-order chi connectivity index (χ1) is 9.92. The van der Waals surface area contributed by atoms with Crippen LogP contribution in [-0.2, 0) is 6.42 Å². The number of thiophene rings is 1. The number of rotatable bonds is 0. The number of nitrogens with zero attached hydrogens (tertiary/aromatic N) is 2. The lowest BCUT2D eigenvalue weighted by molar-refractivity contribution is 1.21. The van der Waals surface area contributed by atoms with Gasteiger partial charge in [-0.3, -0.25) is 9.97 Å². The molecule has 0 spiro atoms. The molecule has 3 heterocycles. The Morgan fingerprint density at radius 3 is 2.85 bits per heavy atom. The number of hydrogen-bond donors (Lipinski definition) is 0. The van der Waals surface area contributed by atoms with Crippen molar-refractivity contribution in [2.24, 2.45) is 0 Å². The molecule has 0 unspecified atom stereocenters. The Hall–Kier alpha value is -2.26. The maximum Gasteiger partial charge on any atom is 0.0973 e. The van der Waals surface area contributed by atoms with Crippen LogP contribution in [0, 0.1) is 0 Å². The predicted molar refractivity (Wildman–Crippen MR) is 83.2 cm³/mol. The quantitative estimate of drug-likeness (QED) is 0.391. The molecule has 20 heavy (non-hydrogen) atoms. The van der Waals surface area contributed by atoms with Crippen molar-refractivity contribution in [2.45, 2.75) is 6.42 Å². The van der Waals surface area contributed by atoms with Crippen molar-refractivity contribution in [3.63, 3.8) is 0 Å². The second-order valence-electron chi connectivity index (χ2n) is 5.18. The number of hydrogen-bond acceptors (Lipinski definition) is 3.